The summed E-state index contributed by atoms with van der Waals surface area (Å²) in [5, 5.41) is 10.5. The number of carbonyl (C=O) groups excluding carboxylic acids is 1. The molecule has 2 fully saturated rings. The van der Waals surface area contributed by atoms with Crippen molar-refractivity contribution in [3.63, 3.8) is 0 Å². The molecule has 2 N–H and O–H groups in total. The van der Waals surface area contributed by atoms with E-state index in [1.807, 2.05) is 32.9 Å². The SMILES string of the molecule is COc1nc(N2CC3(CN(C(=O)OC(C)(C)C)C3)C2)ccc1-c1cc2c(C(=O)O)c[nH]c2cc1Cl. The van der Waals surface area contributed by atoms with Gasteiger partial charge in [-0.2, -0.15) is 4.98 Å². The van der Waals surface area contributed by atoms with Gasteiger partial charge in [-0.3, -0.25) is 0 Å². The van der Waals surface area contributed by atoms with Gasteiger partial charge in [-0.05, 0) is 45.0 Å². The summed E-state index contributed by atoms with van der Waals surface area (Å²) in [6.45, 7) is 8.52. The van der Waals surface area contributed by atoms with Crippen LogP contribution in [-0.4, -0.2) is 70.9 Å². The Hall–Kier alpha value is -3.46. The van der Waals surface area contributed by atoms with Crippen LogP contribution in [0.4, 0.5) is 10.6 Å². The van der Waals surface area contributed by atoms with Crippen LogP contribution in [-0.2, 0) is 4.74 Å². The number of carboxylic acid groups (broad SMARTS) is 1. The van der Waals surface area contributed by atoms with Crippen molar-refractivity contribution in [1.82, 2.24) is 14.9 Å². The summed E-state index contributed by atoms with van der Waals surface area (Å²) < 4.78 is 11.0. The molecule has 4 heterocycles. The highest BCUT2D eigenvalue weighted by Gasteiger charge is 2.54. The maximum atomic E-state index is 12.2. The molecule has 0 radical (unpaired) electrons. The average molecular weight is 499 g/mol. The Labute approximate surface area is 207 Å². The molecular formula is C25H27ClN4O5. The second-order valence-electron chi connectivity index (χ2n) is 10.3. The third-order valence-electron chi connectivity index (χ3n) is 6.41. The summed E-state index contributed by atoms with van der Waals surface area (Å²) in [5.41, 5.74) is 1.71. The zero-order valence-corrected chi connectivity index (χ0v) is 20.8. The fourth-order valence-corrected chi connectivity index (χ4v) is 5.10. The number of methoxy groups -OCH3 is 1. The van der Waals surface area contributed by atoms with Crippen LogP contribution >= 0.6 is 11.6 Å². The molecule has 184 valence electrons. The van der Waals surface area contributed by atoms with E-state index in [4.69, 9.17) is 26.1 Å². The number of anilines is 1. The molecule has 9 nitrogen and oxygen atoms in total. The number of rotatable bonds is 4. The monoisotopic (exact) mass is 498 g/mol. The molecule has 1 aromatic carbocycles. The van der Waals surface area contributed by atoms with Gasteiger partial charge in [-0.15, -0.1) is 0 Å². The number of likely N-dealkylation sites (tertiary alicyclic amines) is 1. The number of aromatic amines is 1. The van der Waals surface area contributed by atoms with Crippen molar-refractivity contribution in [2.45, 2.75) is 26.4 Å². The van der Waals surface area contributed by atoms with E-state index in [2.05, 4.69) is 9.88 Å². The number of hydrogen-bond donors (Lipinski definition) is 2. The van der Waals surface area contributed by atoms with Crippen LogP contribution in [0.5, 0.6) is 5.88 Å². The molecule has 0 aliphatic carbocycles. The van der Waals surface area contributed by atoms with Crippen LogP contribution in [0.2, 0.25) is 5.02 Å². The van der Waals surface area contributed by atoms with Crippen molar-refractivity contribution in [2.75, 3.05) is 38.2 Å². The van der Waals surface area contributed by atoms with Gasteiger partial charge in [0, 0.05) is 59.8 Å². The zero-order chi connectivity index (χ0) is 25.1. The second kappa shape index (κ2) is 8.05. The quantitative estimate of drug-likeness (QED) is 0.539. The van der Waals surface area contributed by atoms with Gasteiger partial charge >= 0.3 is 12.1 Å². The highest BCUT2D eigenvalue weighted by atomic mass is 35.5. The van der Waals surface area contributed by atoms with Gasteiger partial charge in [0.05, 0.1) is 17.7 Å². The summed E-state index contributed by atoms with van der Waals surface area (Å²) in [6, 6.07) is 7.25. The number of hydrogen-bond acceptors (Lipinski definition) is 6. The maximum Gasteiger partial charge on any atom is 0.410 e. The molecule has 3 aromatic rings. The molecule has 0 atom stereocenters. The highest BCUT2D eigenvalue weighted by Crippen LogP contribution is 2.44. The smallest absolute Gasteiger partial charge is 0.410 e. The lowest BCUT2D eigenvalue weighted by molar-refractivity contribution is -0.0454. The number of aromatic carboxylic acids is 1. The predicted octanol–water partition coefficient (Wildman–Crippen LogP) is 4.65. The molecule has 35 heavy (non-hydrogen) atoms. The average Bonchev–Trinajstić information content (AvgIpc) is 3.12. The minimum absolute atomic E-state index is 0.0698. The Morgan fingerprint density at radius 2 is 1.86 bits per heavy atom. The lowest BCUT2D eigenvalue weighted by atomic mass is 9.73. The van der Waals surface area contributed by atoms with Gasteiger partial charge in [0.25, 0.3) is 0 Å². The first-order valence-electron chi connectivity index (χ1n) is 11.3. The summed E-state index contributed by atoms with van der Waals surface area (Å²) in [6.07, 6.45) is 1.18. The molecular weight excluding hydrogens is 472 g/mol. The molecule has 1 amide bonds. The van der Waals surface area contributed by atoms with E-state index in [0.717, 1.165) is 18.9 Å². The molecule has 2 aliphatic heterocycles. The molecule has 0 unspecified atom stereocenters. The number of ether oxygens (including phenoxy) is 2. The van der Waals surface area contributed by atoms with E-state index in [1.165, 1.54) is 6.20 Å². The zero-order valence-electron chi connectivity index (χ0n) is 20.0. The number of pyridine rings is 1. The van der Waals surface area contributed by atoms with Crippen LogP contribution in [0.25, 0.3) is 22.0 Å². The van der Waals surface area contributed by atoms with Crippen LogP contribution in [0, 0.1) is 5.41 Å². The van der Waals surface area contributed by atoms with Crippen molar-refractivity contribution in [1.29, 1.82) is 0 Å². The standard InChI is InChI=1S/C25H27ClN4O5/c1-24(2,3)35-23(33)30-12-25(13-30)10-29(11-25)20-6-5-14(21(28-20)34-4)15-7-16-17(22(31)32)9-27-19(16)8-18(15)26/h5-9,27H,10-13H2,1-4H3,(H,31,32). The number of fused-ring (bicyclic) bond motifs is 1. The molecule has 1 spiro atoms. The second-order valence-corrected chi connectivity index (χ2v) is 10.7. The number of halogens is 1. The van der Waals surface area contributed by atoms with E-state index >= 15 is 0 Å². The van der Waals surface area contributed by atoms with Crippen LogP contribution in [0.1, 0.15) is 31.1 Å². The lowest BCUT2D eigenvalue weighted by Crippen LogP contribution is -2.73. The highest BCUT2D eigenvalue weighted by molar-refractivity contribution is 6.34. The Bertz CT molecular complexity index is 1330. The number of aromatic nitrogens is 2. The van der Waals surface area contributed by atoms with Crippen LogP contribution in [0.3, 0.4) is 0 Å². The van der Waals surface area contributed by atoms with E-state index in [9.17, 15) is 14.7 Å². The summed E-state index contributed by atoms with van der Waals surface area (Å²) >= 11 is 6.54. The number of nitrogens with zero attached hydrogens (tertiary/aromatic N) is 3. The Morgan fingerprint density at radius 1 is 1.14 bits per heavy atom. The molecule has 2 saturated heterocycles. The minimum atomic E-state index is -1.02. The molecule has 2 aliphatic rings. The lowest BCUT2D eigenvalue weighted by Gasteiger charge is -2.60. The number of nitrogens with one attached hydrogen (secondary N) is 1. The van der Waals surface area contributed by atoms with E-state index < -0.39 is 11.6 Å². The van der Waals surface area contributed by atoms with Gasteiger partial charge in [-0.1, -0.05) is 11.6 Å². The molecule has 10 heteroatoms. The molecule has 5 rings (SSSR count). The molecule has 0 bridgehead atoms. The summed E-state index contributed by atoms with van der Waals surface area (Å²) in [5.74, 6) is 0.163. The predicted molar refractivity (Wildman–Crippen MR) is 133 cm³/mol. The van der Waals surface area contributed by atoms with Crippen molar-refractivity contribution in [3.05, 3.63) is 41.0 Å². The fourth-order valence-electron chi connectivity index (χ4n) is 4.84. The van der Waals surface area contributed by atoms with Crippen LogP contribution < -0.4 is 9.64 Å². The molecule has 0 saturated carbocycles. The normalized spacial score (nSPS) is 16.7. The Kier molecular flexibility index (Phi) is 5.36. The Morgan fingerprint density at radius 3 is 2.49 bits per heavy atom. The first kappa shape index (κ1) is 23.3. The van der Waals surface area contributed by atoms with E-state index in [1.54, 1.807) is 24.1 Å². The van der Waals surface area contributed by atoms with Crippen LogP contribution in [0.15, 0.2) is 30.5 Å². The number of benzene rings is 1. The van der Waals surface area contributed by atoms with Gasteiger partial charge < -0.3 is 29.4 Å². The third-order valence-corrected chi connectivity index (χ3v) is 6.72. The third kappa shape index (κ3) is 4.14. The minimum Gasteiger partial charge on any atom is -0.480 e. The topological polar surface area (TPSA) is 108 Å². The van der Waals surface area contributed by atoms with Crippen molar-refractivity contribution >= 4 is 40.4 Å². The first-order chi connectivity index (χ1) is 16.5. The number of carboxylic acids is 1. The fraction of sp³-hybridized carbons (Fsp3) is 0.400. The van der Waals surface area contributed by atoms with Gasteiger partial charge in [0.1, 0.15) is 11.4 Å². The van der Waals surface area contributed by atoms with Gasteiger partial charge in [-0.25, -0.2) is 9.59 Å². The number of H-pyrrole nitrogens is 1. The largest absolute Gasteiger partial charge is 0.480 e. The maximum absolute atomic E-state index is 12.2. The number of amides is 1. The van der Waals surface area contributed by atoms with E-state index in [-0.39, 0.29) is 17.1 Å². The number of carbonyl (C=O) groups is 2. The van der Waals surface area contributed by atoms with Crippen molar-refractivity contribution in [2.24, 2.45) is 5.41 Å². The summed E-state index contributed by atoms with van der Waals surface area (Å²) in [7, 11) is 1.54. The van der Waals surface area contributed by atoms with Gasteiger partial charge in [0.15, 0.2) is 0 Å². The van der Waals surface area contributed by atoms with Gasteiger partial charge in [0.2, 0.25) is 5.88 Å². The molecule has 2 aromatic heterocycles. The van der Waals surface area contributed by atoms with E-state index in [0.29, 0.717) is 46.0 Å². The Balaban J connectivity index is 1.33. The summed E-state index contributed by atoms with van der Waals surface area (Å²) in [4.78, 5) is 35.3. The first-order valence-corrected chi connectivity index (χ1v) is 11.7. The van der Waals surface area contributed by atoms with Crippen molar-refractivity contribution in [3.8, 4) is 17.0 Å². The van der Waals surface area contributed by atoms with Crippen molar-refractivity contribution < 1.29 is 24.2 Å².